The second-order valence-corrected chi connectivity index (χ2v) is 7.10. The van der Waals surface area contributed by atoms with E-state index in [1.54, 1.807) is 11.3 Å². The summed E-state index contributed by atoms with van der Waals surface area (Å²) < 4.78 is 0. The van der Waals surface area contributed by atoms with Gasteiger partial charge in [-0.05, 0) is 25.3 Å². The van der Waals surface area contributed by atoms with Crippen molar-refractivity contribution in [1.29, 1.82) is 0 Å². The Bertz CT molecular complexity index is 345. The van der Waals surface area contributed by atoms with Gasteiger partial charge in [0.1, 0.15) is 5.01 Å². The van der Waals surface area contributed by atoms with Gasteiger partial charge in [-0.1, -0.05) is 33.6 Å². The molecule has 2 nitrogen and oxygen atoms in total. The number of nitrogens with zero attached hydrogens (tertiary/aromatic N) is 1. The summed E-state index contributed by atoms with van der Waals surface area (Å²) in [5.41, 5.74) is 1.40. The minimum atomic E-state index is 0.181. The summed E-state index contributed by atoms with van der Waals surface area (Å²) in [5, 5.41) is 6.99. The van der Waals surface area contributed by atoms with E-state index in [0.717, 1.165) is 12.5 Å². The van der Waals surface area contributed by atoms with Crippen molar-refractivity contribution in [2.45, 2.75) is 58.4 Å². The molecule has 0 atom stereocenters. The van der Waals surface area contributed by atoms with E-state index < -0.39 is 0 Å². The van der Waals surface area contributed by atoms with Crippen LogP contribution in [-0.2, 0) is 12.0 Å². The molecule has 96 valence electrons. The maximum Gasteiger partial charge on any atom is 0.107 e. The van der Waals surface area contributed by atoms with Crippen LogP contribution in [0.1, 0.15) is 57.2 Å². The van der Waals surface area contributed by atoms with Crippen LogP contribution in [0.25, 0.3) is 0 Å². The largest absolute Gasteiger partial charge is 0.310 e. The molecule has 0 bridgehead atoms. The normalized spacial score (nSPS) is 17.8. The van der Waals surface area contributed by atoms with Gasteiger partial charge < -0.3 is 5.32 Å². The Morgan fingerprint density at radius 3 is 2.65 bits per heavy atom. The van der Waals surface area contributed by atoms with Gasteiger partial charge in [-0.3, -0.25) is 0 Å². The highest BCUT2D eigenvalue weighted by molar-refractivity contribution is 7.09. The molecule has 3 heteroatoms. The lowest BCUT2D eigenvalue weighted by molar-refractivity contribution is 0.487. The number of hydrogen-bond donors (Lipinski definition) is 1. The Labute approximate surface area is 109 Å². The van der Waals surface area contributed by atoms with Crippen molar-refractivity contribution in [2.24, 2.45) is 5.92 Å². The third-order valence-corrected chi connectivity index (χ3v) is 4.35. The fraction of sp³-hybridized carbons (Fsp3) is 0.786. The van der Waals surface area contributed by atoms with Crippen LogP contribution in [0.4, 0.5) is 0 Å². The van der Waals surface area contributed by atoms with Crippen LogP contribution in [-0.4, -0.2) is 11.5 Å². The number of aromatic nitrogens is 1. The molecule has 1 heterocycles. The first-order valence-corrected chi connectivity index (χ1v) is 7.59. The van der Waals surface area contributed by atoms with Crippen LogP contribution >= 0.6 is 11.3 Å². The zero-order chi connectivity index (χ0) is 12.3. The van der Waals surface area contributed by atoms with E-state index in [2.05, 4.69) is 31.5 Å². The Balaban J connectivity index is 1.77. The van der Waals surface area contributed by atoms with Crippen molar-refractivity contribution in [1.82, 2.24) is 10.3 Å². The number of thiazole rings is 1. The monoisotopic (exact) mass is 252 g/mol. The second kappa shape index (κ2) is 5.49. The highest BCUT2D eigenvalue weighted by Crippen LogP contribution is 2.25. The van der Waals surface area contributed by atoms with Gasteiger partial charge >= 0.3 is 0 Å². The van der Waals surface area contributed by atoms with Gasteiger partial charge in [-0.15, -0.1) is 11.3 Å². The molecule has 1 aliphatic carbocycles. The van der Waals surface area contributed by atoms with Crippen LogP contribution in [0, 0.1) is 5.92 Å². The molecule has 0 saturated heterocycles. The molecule has 0 aromatic carbocycles. The lowest BCUT2D eigenvalue weighted by Gasteiger charge is -2.14. The SMILES string of the molecule is CC(C)(C)c1csc(CNCC2CCCC2)n1. The molecule has 17 heavy (non-hydrogen) atoms. The van der Waals surface area contributed by atoms with E-state index in [1.165, 1.54) is 42.9 Å². The van der Waals surface area contributed by atoms with E-state index >= 15 is 0 Å². The quantitative estimate of drug-likeness (QED) is 0.883. The molecular formula is C14H24N2S. The van der Waals surface area contributed by atoms with Gasteiger partial charge in [0.15, 0.2) is 0 Å². The van der Waals surface area contributed by atoms with Gasteiger partial charge in [-0.2, -0.15) is 0 Å². The standard InChI is InChI=1S/C14H24N2S/c1-14(2,3)12-10-17-13(16-12)9-15-8-11-6-4-5-7-11/h10-11,15H,4-9H2,1-3H3. The van der Waals surface area contributed by atoms with Crippen LogP contribution in [0.3, 0.4) is 0 Å². The number of hydrogen-bond acceptors (Lipinski definition) is 3. The van der Waals surface area contributed by atoms with Gasteiger partial charge in [0, 0.05) is 17.3 Å². The molecule has 0 spiro atoms. The topological polar surface area (TPSA) is 24.9 Å². The zero-order valence-corrected chi connectivity index (χ0v) is 12.1. The molecule has 0 amide bonds. The summed E-state index contributed by atoms with van der Waals surface area (Å²) in [5.74, 6) is 0.914. The molecule has 1 fully saturated rings. The predicted molar refractivity (Wildman–Crippen MR) is 74.5 cm³/mol. The molecule has 1 saturated carbocycles. The molecular weight excluding hydrogens is 228 g/mol. The molecule has 1 aromatic heterocycles. The Morgan fingerprint density at radius 1 is 1.35 bits per heavy atom. The van der Waals surface area contributed by atoms with Crippen molar-refractivity contribution in [3.8, 4) is 0 Å². The first-order chi connectivity index (χ1) is 8.05. The minimum absolute atomic E-state index is 0.181. The Morgan fingerprint density at radius 2 is 2.06 bits per heavy atom. The third kappa shape index (κ3) is 3.78. The molecule has 1 aromatic rings. The van der Waals surface area contributed by atoms with Crippen LogP contribution in [0.5, 0.6) is 0 Å². The zero-order valence-electron chi connectivity index (χ0n) is 11.3. The van der Waals surface area contributed by atoms with E-state index in [-0.39, 0.29) is 5.41 Å². The fourth-order valence-corrected chi connectivity index (χ4v) is 3.32. The smallest absolute Gasteiger partial charge is 0.107 e. The van der Waals surface area contributed by atoms with Crippen molar-refractivity contribution < 1.29 is 0 Å². The van der Waals surface area contributed by atoms with Crippen LogP contribution in [0.15, 0.2) is 5.38 Å². The summed E-state index contributed by atoms with van der Waals surface area (Å²) in [7, 11) is 0. The maximum absolute atomic E-state index is 4.70. The third-order valence-electron chi connectivity index (χ3n) is 3.50. The minimum Gasteiger partial charge on any atom is -0.310 e. The summed E-state index contributed by atoms with van der Waals surface area (Å²) in [4.78, 5) is 4.70. The van der Waals surface area contributed by atoms with Gasteiger partial charge in [-0.25, -0.2) is 4.98 Å². The first-order valence-electron chi connectivity index (χ1n) is 6.71. The van der Waals surface area contributed by atoms with Gasteiger partial charge in [0.05, 0.1) is 5.69 Å². The van der Waals surface area contributed by atoms with Gasteiger partial charge in [0.2, 0.25) is 0 Å². The highest BCUT2D eigenvalue weighted by Gasteiger charge is 2.18. The predicted octanol–water partition coefficient (Wildman–Crippen LogP) is 3.72. The van der Waals surface area contributed by atoms with E-state index in [9.17, 15) is 0 Å². The second-order valence-electron chi connectivity index (χ2n) is 6.16. The highest BCUT2D eigenvalue weighted by atomic mass is 32.1. The number of rotatable bonds is 4. The van der Waals surface area contributed by atoms with Crippen molar-refractivity contribution in [2.75, 3.05) is 6.54 Å². The van der Waals surface area contributed by atoms with Crippen molar-refractivity contribution in [3.05, 3.63) is 16.1 Å². The first kappa shape index (κ1) is 13.0. The van der Waals surface area contributed by atoms with Crippen LogP contribution < -0.4 is 5.32 Å². The molecule has 2 rings (SSSR count). The summed E-state index contributed by atoms with van der Waals surface area (Å²) >= 11 is 1.79. The molecule has 0 radical (unpaired) electrons. The number of nitrogens with one attached hydrogen (secondary N) is 1. The Kier molecular flexibility index (Phi) is 4.21. The Hall–Kier alpha value is -0.410. The van der Waals surface area contributed by atoms with E-state index in [4.69, 9.17) is 4.98 Å². The summed E-state index contributed by atoms with van der Waals surface area (Å²) in [6, 6.07) is 0. The lowest BCUT2D eigenvalue weighted by atomic mass is 9.93. The molecule has 0 aliphatic heterocycles. The molecule has 0 unspecified atom stereocenters. The van der Waals surface area contributed by atoms with E-state index in [1.807, 2.05) is 0 Å². The average Bonchev–Trinajstić information content (AvgIpc) is 2.86. The van der Waals surface area contributed by atoms with Crippen molar-refractivity contribution >= 4 is 11.3 Å². The summed E-state index contributed by atoms with van der Waals surface area (Å²) in [6.45, 7) is 8.77. The maximum atomic E-state index is 4.70. The molecule has 1 aliphatic rings. The van der Waals surface area contributed by atoms with Crippen LogP contribution in [0.2, 0.25) is 0 Å². The molecule has 1 N–H and O–H groups in total. The van der Waals surface area contributed by atoms with Gasteiger partial charge in [0.25, 0.3) is 0 Å². The summed E-state index contributed by atoms with van der Waals surface area (Å²) in [6.07, 6.45) is 5.69. The lowest BCUT2D eigenvalue weighted by Crippen LogP contribution is -2.21. The van der Waals surface area contributed by atoms with E-state index in [0.29, 0.717) is 0 Å². The van der Waals surface area contributed by atoms with Crippen molar-refractivity contribution in [3.63, 3.8) is 0 Å². The fourth-order valence-electron chi connectivity index (χ4n) is 2.33. The average molecular weight is 252 g/mol.